The van der Waals surface area contributed by atoms with Crippen LogP contribution in [0, 0.1) is 5.92 Å². The van der Waals surface area contributed by atoms with Crippen molar-refractivity contribution in [2.45, 2.75) is 25.8 Å². The Morgan fingerprint density at radius 2 is 2.12 bits per heavy atom. The third kappa shape index (κ3) is 5.15. The van der Waals surface area contributed by atoms with E-state index in [1.165, 1.54) is 4.90 Å². The van der Waals surface area contributed by atoms with Crippen LogP contribution in [-0.4, -0.2) is 84.7 Å². The third-order valence-corrected chi connectivity index (χ3v) is 4.21. The Kier molecular flexibility index (Phi) is 6.74. The number of aromatic nitrogens is 2. The van der Waals surface area contributed by atoms with Crippen LogP contribution < -0.4 is 0 Å². The van der Waals surface area contributed by atoms with Gasteiger partial charge in [-0.15, -0.1) is 0 Å². The summed E-state index contributed by atoms with van der Waals surface area (Å²) >= 11 is 0. The maximum atomic E-state index is 12.7. The molecule has 1 aromatic heterocycles. The zero-order chi connectivity index (χ0) is 18.4. The van der Waals surface area contributed by atoms with E-state index in [-0.39, 0.29) is 24.4 Å². The molecule has 1 saturated heterocycles. The highest BCUT2D eigenvalue weighted by molar-refractivity contribution is 5.80. The molecule has 0 radical (unpaired) electrons. The normalized spacial score (nSPS) is 17.4. The number of methoxy groups -OCH3 is 1. The molecule has 1 atom stereocenters. The maximum absolute atomic E-state index is 12.7. The van der Waals surface area contributed by atoms with Gasteiger partial charge in [0.1, 0.15) is 0 Å². The lowest BCUT2D eigenvalue weighted by Crippen LogP contribution is -2.48. The number of ether oxygens (including phenoxy) is 1. The Labute approximate surface area is 147 Å². The van der Waals surface area contributed by atoms with Crippen molar-refractivity contribution in [2.24, 2.45) is 5.92 Å². The average Bonchev–Trinajstić information content (AvgIpc) is 3.05. The summed E-state index contributed by atoms with van der Waals surface area (Å²) in [7, 11) is 6.77. The Bertz CT molecular complexity index is 589. The van der Waals surface area contributed by atoms with Gasteiger partial charge in [0, 0.05) is 47.8 Å². The van der Waals surface area contributed by atoms with Crippen molar-refractivity contribution < 1.29 is 18.8 Å². The minimum absolute atomic E-state index is 0.00658. The SMILES string of the molecule is COCCc1noc(CN(C)C(=O)C2CCCN(C(=O)N(C)C)C2)n1. The van der Waals surface area contributed by atoms with Crippen LogP contribution in [0.2, 0.25) is 0 Å². The first-order valence-corrected chi connectivity index (χ1v) is 8.44. The largest absolute Gasteiger partial charge is 0.384 e. The molecule has 2 heterocycles. The fraction of sp³-hybridized carbons (Fsp3) is 0.750. The van der Waals surface area contributed by atoms with Crippen LogP contribution in [0.5, 0.6) is 0 Å². The molecule has 1 aliphatic heterocycles. The maximum Gasteiger partial charge on any atom is 0.319 e. The summed E-state index contributed by atoms with van der Waals surface area (Å²) in [5.41, 5.74) is 0. The van der Waals surface area contributed by atoms with E-state index >= 15 is 0 Å². The van der Waals surface area contributed by atoms with E-state index in [0.717, 1.165) is 12.8 Å². The molecule has 3 amide bonds. The Hall–Kier alpha value is -2.16. The molecule has 1 fully saturated rings. The second kappa shape index (κ2) is 8.80. The van der Waals surface area contributed by atoms with Crippen LogP contribution in [-0.2, 0) is 22.5 Å². The second-order valence-electron chi connectivity index (χ2n) is 6.50. The van der Waals surface area contributed by atoms with Crippen molar-refractivity contribution in [3.8, 4) is 0 Å². The van der Waals surface area contributed by atoms with Gasteiger partial charge < -0.3 is 24.0 Å². The second-order valence-corrected chi connectivity index (χ2v) is 6.50. The van der Waals surface area contributed by atoms with Gasteiger partial charge in [0.05, 0.1) is 19.1 Å². The number of hydrogen-bond donors (Lipinski definition) is 0. The zero-order valence-corrected chi connectivity index (χ0v) is 15.4. The van der Waals surface area contributed by atoms with E-state index in [4.69, 9.17) is 9.26 Å². The van der Waals surface area contributed by atoms with E-state index in [2.05, 4.69) is 10.1 Å². The van der Waals surface area contributed by atoms with E-state index in [0.29, 0.717) is 37.8 Å². The molecule has 0 bridgehead atoms. The number of piperidine rings is 1. The molecule has 1 unspecified atom stereocenters. The number of urea groups is 1. The lowest BCUT2D eigenvalue weighted by molar-refractivity contribution is -0.136. The van der Waals surface area contributed by atoms with Crippen LogP contribution in [0.1, 0.15) is 24.6 Å². The van der Waals surface area contributed by atoms with Crippen molar-refractivity contribution in [1.82, 2.24) is 24.8 Å². The number of nitrogens with zero attached hydrogens (tertiary/aromatic N) is 5. The molecule has 2 rings (SSSR count). The summed E-state index contributed by atoms with van der Waals surface area (Å²) in [6.45, 7) is 1.92. The molecule has 0 spiro atoms. The lowest BCUT2D eigenvalue weighted by atomic mass is 9.97. The van der Waals surface area contributed by atoms with Crippen LogP contribution in [0.25, 0.3) is 0 Å². The summed E-state index contributed by atoms with van der Waals surface area (Å²) < 4.78 is 10.2. The van der Waals surface area contributed by atoms with E-state index in [9.17, 15) is 9.59 Å². The first kappa shape index (κ1) is 19.2. The van der Waals surface area contributed by atoms with Crippen LogP contribution in [0.15, 0.2) is 4.52 Å². The molecule has 0 aromatic carbocycles. The monoisotopic (exact) mass is 353 g/mol. The highest BCUT2D eigenvalue weighted by Gasteiger charge is 2.31. The fourth-order valence-electron chi connectivity index (χ4n) is 2.88. The minimum atomic E-state index is -0.196. The van der Waals surface area contributed by atoms with Gasteiger partial charge in [-0.2, -0.15) is 4.98 Å². The fourth-order valence-corrected chi connectivity index (χ4v) is 2.88. The molecule has 0 saturated carbocycles. The topological polar surface area (TPSA) is 92.0 Å². The number of carbonyl (C=O) groups is 2. The highest BCUT2D eigenvalue weighted by atomic mass is 16.5. The van der Waals surface area contributed by atoms with Gasteiger partial charge in [-0.05, 0) is 12.8 Å². The van der Waals surface area contributed by atoms with Crippen molar-refractivity contribution in [3.05, 3.63) is 11.7 Å². The van der Waals surface area contributed by atoms with Gasteiger partial charge in [0.15, 0.2) is 5.82 Å². The number of hydrogen-bond acceptors (Lipinski definition) is 6. The van der Waals surface area contributed by atoms with Gasteiger partial charge in [-0.1, -0.05) is 5.16 Å². The zero-order valence-electron chi connectivity index (χ0n) is 15.4. The predicted octanol–water partition coefficient (Wildman–Crippen LogP) is 0.611. The smallest absolute Gasteiger partial charge is 0.319 e. The quantitative estimate of drug-likeness (QED) is 0.744. The minimum Gasteiger partial charge on any atom is -0.384 e. The summed E-state index contributed by atoms with van der Waals surface area (Å²) in [5, 5.41) is 3.87. The number of carbonyl (C=O) groups excluding carboxylic acids is 2. The lowest BCUT2D eigenvalue weighted by Gasteiger charge is -2.35. The molecule has 140 valence electrons. The van der Waals surface area contributed by atoms with E-state index in [1.54, 1.807) is 38.1 Å². The number of likely N-dealkylation sites (tertiary alicyclic amines) is 1. The molecule has 9 nitrogen and oxygen atoms in total. The Morgan fingerprint density at radius 1 is 1.36 bits per heavy atom. The van der Waals surface area contributed by atoms with Gasteiger partial charge in [-0.3, -0.25) is 4.79 Å². The molecular formula is C16H27N5O4. The van der Waals surface area contributed by atoms with Gasteiger partial charge in [-0.25, -0.2) is 4.79 Å². The molecule has 25 heavy (non-hydrogen) atoms. The molecule has 1 aliphatic rings. The van der Waals surface area contributed by atoms with Crippen LogP contribution in [0.4, 0.5) is 4.79 Å². The summed E-state index contributed by atoms with van der Waals surface area (Å²) in [5.74, 6) is 0.767. The van der Waals surface area contributed by atoms with Crippen LogP contribution >= 0.6 is 0 Å². The molecular weight excluding hydrogens is 326 g/mol. The first-order valence-electron chi connectivity index (χ1n) is 8.44. The number of rotatable bonds is 6. The van der Waals surface area contributed by atoms with Crippen molar-refractivity contribution >= 4 is 11.9 Å². The van der Waals surface area contributed by atoms with Gasteiger partial charge >= 0.3 is 6.03 Å². The average molecular weight is 353 g/mol. The van der Waals surface area contributed by atoms with Crippen molar-refractivity contribution in [1.29, 1.82) is 0 Å². The summed E-state index contributed by atoms with van der Waals surface area (Å²) in [6.07, 6.45) is 2.18. The van der Waals surface area contributed by atoms with Crippen molar-refractivity contribution in [2.75, 3.05) is 47.9 Å². The Balaban J connectivity index is 1.90. The van der Waals surface area contributed by atoms with Gasteiger partial charge in [0.2, 0.25) is 11.8 Å². The first-order chi connectivity index (χ1) is 11.9. The van der Waals surface area contributed by atoms with E-state index < -0.39 is 0 Å². The third-order valence-electron chi connectivity index (χ3n) is 4.21. The Morgan fingerprint density at radius 3 is 2.80 bits per heavy atom. The van der Waals surface area contributed by atoms with Crippen molar-refractivity contribution in [3.63, 3.8) is 0 Å². The highest BCUT2D eigenvalue weighted by Crippen LogP contribution is 2.20. The number of amides is 3. The van der Waals surface area contributed by atoms with Crippen LogP contribution in [0.3, 0.4) is 0 Å². The summed E-state index contributed by atoms with van der Waals surface area (Å²) in [4.78, 5) is 33.9. The standard InChI is InChI=1S/C16H27N5O4/c1-19(2)16(23)21-8-5-6-12(10-21)15(22)20(3)11-14-17-13(18-25-14)7-9-24-4/h12H,5-11H2,1-4H3. The molecule has 1 aromatic rings. The summed E-state index contributed by atoms with van der Waals surface area (Å²) in [6, 6.07) is -0.0557. The van der Waals surface area contributed by atoms with E-state index in [1.807, 2.05) is 0 Å². The predicted molar refractivity (Wildman–Crippen MR) is 89.7 cm³/mol. The molecule has 0 aliphatic carbocycles. The van der Waals surface area contributed by atoms with Gasteiger partial charge in [0.25, 0.3) is 0 Å². The molecule has 9 heteroatoms. The molecule has 0 N–H and O–H groups in total.